The van der Waals surface area contributed by atoms with Crippen LogP contribution in [0.2, 0.25) is 0 Å². The molecule has 5 nitrogen and oxygen atoms in total. The van der Waals surface area contributed by atoms with Crippen LogP contribution in [-0.4, -0.2) is 35.3 Å². The first-order chi connectivity index (χ1) is 13.0. The summed E-state index contributed by atoms with van der Waals surface area (Å²) in [6.07, 6.45) is 1.11. The Morgan fingerprint density at radius 3 is 2.85 bits per heavy atom. The van der Waals surface area contributed by atoms with Crippen LogP contribution in [0.1, 0.15) is 27.5 Å². The lowest BCUT2D eigenvalue weighted by Gasteiger charge is -2.27. The van der Waals surface area contributed by atoms with Gasteiger partial charge < -0.3 is 14.0 Å². The van der Waals surface area contributed by atoms with E-state index in [1.165, 1.54) is 24.5 Å². The first-order valence-electron chi connectivity index (χ1n) is 8.28. The molecule has 0 N–H and O–H groups in total. The molecule has 0 saturated carbocycles. The predicted molar refractivity (Wildman–Crippen MR) is 100 cm³/mol. The van der Waals surface area contributed by atoms with Gasteiger partial charge in [-0.25, -0.2) is 18.6 Å². The Morgan fingerprint density at radius 2 is 2.19 bits per heavy atom. The lowest BCUT2D eigenvalue weighted by Crippen LogP contribution is -2.31. The Kier molecular flexibility index (Phi) is 5.00. The third kappa shape index (κ3) is 3.51. The van der Waals surface area contributed by atoms with Crippen LogP contribution in [0.25, 0.3) is 10.3 Å². The molecule has 1 aliphatic rings. The van der Waals surface area contributed by atoms with Gasteiger partial charge in [-0.15, -0.1) is 11.3 Å². The number of methoxy groups -OCH3 is 1. The van der Waals surface area contributed by atoms with E-state index in [0.29, 0.717) is 28.7 Å². The number of carbonyl (C=O) groups excluding carboxylic acids is 1. The summed E-state index contributed by atoms with van der Waals surface area (Å²) >= 11 is 4.20. The summed E-state index contributed by atoms with van der Waals surface area (Å²) in [5, 5.41) is 0. The van der Waals surface area contributed by atoms with E-state index in [9.17, 15) is 13.6 Å². The molecule has 0 spiro atoms. The van der Waals surface area contributed by atoms with Crippen molar-refractivity contribution in [1.29, 1.82) is 0 Å². The number of benzene rings is 1. The standard InChI is InChI=1S/C18H15BrF2N2O3S/c1-25-18(24)15-7-14-17(27-15)22-16(23(14)8-10-2-3-26-10)5-9-4-13(21)11(19)6-12(9)20/h4,6-7,10H,2-3,5,8H2,1H3. The van der Waals surface area contributed by atoms with Gasteiger partial charge in [-0.2, -0.15) is 0 Å². The summed E-state index contributed by atoms with van der Waals surface area (Å²) in [5.41, 5.74) is 0.987. The van der Waals surface area contributed by atoms with Gasteiger partial charge in [0.15, 0.2) is 0 Å². The van der Waals surface area contributed by atoms with Crippen molar-refractivity contribution < 1.29 is 23.0 Å². The van der Waals surface area contributed by atoms with Crippen molar-refractivity contribution in [3.63, 3.8) is 0 Å². The maximum atomic E-state index is 14.3. The molecule has 142 valence electrons. The van der Waals surface area contributed by atoms with Crippen molar-refractivity contribution in [2.75, 3.05) is 13.7 Å². The van der Waals surface area contributed by atoms with Gasteiger partial charge >= 0.3 is 5.97 Å². The monoisotopic (exact) mass is 456 g/mol. The van der Waals surface area contributed by atoms with Crippen molar-refractivity contribution in [1.82, 2.24) is 9.55 Å². The molecule has 3 aromatic rings. The largest absolute Gasteiger partial charge is 0.465 e. The average Bonchev–Trinajstić information content (AvgIpc) is 3.13. The van der Waals surface area contributed by atoms with Gasteiger partial charge in [-0.1, -0.05) is 0 Å². The minimum absolute atomic E-state index is 0.0501. The Bertz CT molecular complexity index is 1030. The van der Waals surface area contributed by atoms with E-state index in [1.807, 2.05) is 4.57 Å². The maximum Gasteiger partial charge on any atom is 0.348 e. The van der Waals surface area contributed by atoms with Gasteiger partial charge in [-0.3, -0.25) is 0 Å². The highest BCUT2D eigenvalue weighted by atomic mass is 79.9. The number of hydrogen-bond acceptors (Lipinski definition) is 5. The zero-order valence-corrected chi connectivity index (χ0v) is 16.7. The fraction of sp³-hybridized carbons (Fsp3) is 0.333. The zero-order valence-electron chi connectivity index (χ0n) is 14.3. The van der Waals surface area contributed by atoms with E-state index in [-0.39, 0.29) is 22.6 Å². The SMILES string of the molecule is COC(=O)c1cc2c(nc(Cc3cc(F)c(Br)cc3F)n2CC2CCO2)s1. The normalized spacial score (nSPS) is 16.5. The van der Waals surface area contributed by atoms with Crippen LogP contribution < -0.4 is 0 Å². The summed E-state index contributed by atoms with van der Waals surface area (Å²) in [6, 6.07) is 4.01. The number of rotatable bonds is 5. The summed E-state index contributed by atoms with van der Waals surface area (Å²) in [5.74, 6) is -0.853. The van der Waals surface area contributed by atoms with E-state index < -0.39 is 17.6 Å². The number of nitrogens with zero attached hydrogens (tertiary/aromatic N) is 2. The van der Waals surface area contributed by atoms with Crippen LogP contribution >= 0.6 is 27.3 Å². The predicted octanol–water partition coefficient (Wildman–Crippen LogP) is 4.30. The number of aromatic nitrogens is 2. The molecule has 27 heavy (non-hydrogen) atoms. The number of fused-ring (bicyclic) bond motifs is 1. The maximum absolute atomic E-state index is 14.3. The van der Waals surface area contributed by atoms with Gasteiger partial charge in [-0.05, 0) is 46.1 Å². The second kappa shape index (κ2) is 7.29. The summed E-state index contributed by atoms with van der Waals surface area (Å²) in [7, 11) is 1.33. The average molecular weight is 457 g/mol. The van der Waals surface area contributed by atoms with Crippen LogP contribution in [0.15, 0.2) is 22.7 Å². The van der Waals surface area contributed by atoms with E-state index in [2.05, 4.69) is 20.9 Å². The van der Waals surface area contributed by atoms with Crippen LogP contribution in [0.3, 0.4) is 0 Å². The number of esters is 1. The summed E-state index contributed by atoms with van der Waals surface area (Å²) < 4.78 is 40.4. The van der Waals surface area contributed by atoms with Gasteiger partial charge in [0.05, 0.1) is 29.7 Å². The van der Waals surface area contributed by atoms with E-state index in [0.717, 1.165) is 18.0 Å². The van der Waals surface area contributed by atoms with Crippen LogP contribution in [0, 0.1) is 11.6 Å². The fourth-order valence-corrected chi connectivity index (χ4v) is 4.29. The number of imidazole rings is 1. The first-order valence-corrected chi connectivity index (χ1v) is 9.89. The number of thiophene rings is 1. The van der Waals surface area contributed by atoms with Gasteiger partial charge in [0.25, 0.3) is 0 Å². The van der Waals surface area contributed by atoms with Crippen molar-refractivity contribution in [3.05, 3.63) is 50.6 Å². The van der Waals surface area contributed by atoms with Crippen molar-refractivity contribution in [3.8, 4) is 0 Å². The van der Waals surface area contributed by atoms with E-state index in [1.54, 1.807) is 6.07 Å². The Morgan fingerprint density at radius 1 is 1.41 bits per heavy atom. The highest BCUT2D eigenvalue weighted by molar-refractivity contribution is 9.10. The molecule has 9 heteroatoms. The lowest BCUT2D eigenvalue weighted by atomic mass is 10.1. The quantitative estimate of drug-likeness (QED) is 0.424. The molecule has 1 unspecified atom stereocenters. The van der Waals surface area contributed by atoms with Gasteiger partial charge in [0.1, 0.15) is 27.2 Å². The molecular formula is C18H15BrF2N2O3S. The van der Waals surface area contributed by atoms with Gasteiger partial charge in [0.2, 0.25) is 0 Å². The van der Waals surface area contributed by atoms with Crippen LogP contribution in [-0.2, 0) is 22.4 Å². The molecule has 1 saturated heterocycles. The molecule has 0 radical (unpaired) electrons. The van der Waals surface area contributed by atoms with Crippen LogP contribution in [0.4, 0.5) is 8.78 Å². The zero-order chi connectivity index (χ0) is 19.1. The van der Waals surface area contributed by atoms with Crippen molar-refractivity contribution in [2.45, 2.75) is 25.5 Å². The van der Waals surface area contributed by atoms with Crippen molar-refractivity contribution >= 4 is 43.6 Å². The molecule has 2 aromatic heterocycles. The molecule has 1 aromatic carbocycles. The number of hydrogen-bond donors (Lipinski definition) is 0. The van der Waals surface area contributed by atoms with E-state index in [4.69, 9.17) is 9.47 Å². The molecule has 0 amide bonds. The Hall–Kier alpha value is -1.84. The van der Waals surface area contributed by atoms with Crippen molar-refractivity contribution in [2.24, 2.45) is 0 Å². The minimum Gasteiger partial charge on any atom is -0.465 e. The van der Waals surface area contributed by atoms with E-state index >= 15 is 0 Å². The molecule has 0 bridgehead atoms. The van der Waals surface area contributed by atoms with Gasteiger partial charge in [0, 0.05) is 13.0 Å². The summed E-state index contributed by atoms with van der Waals surface area (Å²) in [4.78, 5) is 17.5. The minimum atomic E-state index is -0.526. The third-order valence-electron chi connectivity index (χ3n) is 4.53. The summed E-state index contributed by atoms with van der Waals surface area (Å²) in [6.45, 7) is 1.26. The molecule has 1 fully saturated rings. The Labute approximate surface area is 166 Å². The highest BCUT2D eigenvalue weighted by Crippen LogP contribution is 2.30. The smallest absolute Gasteiger partial charge is 0.348 e. The molecule has 0 aliphatic carbocycles. The number of ether oxygens (including phenoxy) is 2. The number of carbonyl (C=O) groups is 1. The second-order valence-electron chi connectivity index (χ2n) is 6.25. The molecular weight excluding hydrogens is 442 g/mol. The third-order valence-corrected chi connectivity index (χ3v) is 6.14. The molecule has 1 aliphatic heterocycles. The van der Waals surface area contributed by atoms with Crippen LogP contribution in [0.5, 0.6) is 0 Å². The Balaban J connectivity index is 1.74. The first kappa shape index (κ1) is 18.5. The second-order valence-corrected chi connectivity index (χ2v) is 8.13. The molecule has 1 atom stereocenters. The fourth-order valence-electron chi connectivity index (χ4n) is 3.00. The molecule has 3 heterocycles. The molecule has 4 rings (SSSR count). The topological polar surface area (TPSA) is 53.3 Å². The lowest BCUT2D eigenvalue weighted by molar-refractivity contribution is -0.0589. The number of halogens is 3. The highest BCUT2D eigenvalue weighted by Gasteiger charge is 2.24.